The zero-order valence-corrected chi connectivity index (χ0v) is 28.8. The summed E-state index contributed by atoms with van der Waals surface area (Å²) in [5, 5.41) is 7.25. The topological polar surface area (TPSA) is 21.3 Å². The summed E-state index contributed by atoms with van der Waals surface area (Å²) in [5.74, 6) is 0. The molecule has 0 N–H and O–H groups in total. The van der Waals surface area contributed by atoms with Crippen LogP contribution in [0.3, 0.4) is 0 Å². The molecule has 11 rings (SSSR count). The molecule has 0 aliphatic carbocycles. The summed E-state index contributed by atoms with van der Waals surface area (Å²) in [6, 6.07) is 65.4. The smallest absolute Gasteiger partial charge is 0.145 e. The number of thiophene rings is 1. The van der Waals surface area contributed by atoms with Crippen molar-refractivity contribution < 1.29 is 4.42 Å². The van der Waals surface area contributed by atoms with Gasteiger partial charge in [-0.25, -0.2) is 0 Å². The van der Waals surface area contributed by atoms with Crippen LogP contribution < -0.4 is 4.90 Å². The molecule has 0 saturated carbocycles. The minimum absolute atomic E-state index is 0.878. The van der Waals surface area contributed by atoms with Crippen LogP contribution in [0.4, 0.5) is 17.1 Å². The summed E-state index contributed by atoms with van der Waals surface area (Å²) in [6.07, 6.45) is 0. The maximum atomic E-state index is 6.74. The van der Waals surface area contributed by atoms with Crippen LogP contribution in [0.25, 0.3) is 80.7 Å². The van der Waals surface area contributed by atoms with Crippen LogP contribution in [0.2, 0.25) is 0 Å². The Kier molecular flexibility index (Phi) is 6.42. The molecule has 0 amide bonds. The van der Waals surface area contributed by atoms with Gasteiger partial charge < -0.3 is 13.9 Å². The molecular weight excluding hydrogens is 653 g/mol. The van der Waals surface area contributed by atoms with Crippen LogP contribution in [0.5, 0.6) is 0 Å². The number of hydrogen-bond donors (Lipinski definition) is 0. The number of fused-ring (bicyclic) bond motifs is 9. The number of aromatic nitrogens is 1. The van der Waals surface area contributed by atoms with Crippen molar-refractivity contribution >= 4 is 92.3 Å². The normalized spacial score (nSPS) is 11.8. The first-order valence-corrected chi connectivity index (χ1v) is 18.4. The second kappa shape index (κ2) is 11.5. The predicted octanol–water partition coefficient (Wildman–Crippen LogP) is 14.2. The Morgan fingerprint density at radius 3 is 1.85 bits per heavy atom. The number of rotatable bonds is 5. The lowest BCUT2D eigenvalue weighted by molar-refractivity contribution is 0.670. The first-order chi connectivity index (χ1) is 25.8. The molecule has 0 saturated heterocycles. The van der Waals surface area contributed by atoms with Crippen LogP contribution in [-0.4, -0.2) is 4.57 Å². The molecule has 4 heteroatoms. The zero-order valence-electron chi connectivity index (χ0n) is 28.0. The molecule has 0 radical (unpaired) electrons. The number of hydrogen-bond acceptors (Lipinski definition) is 3. The molecule has 0 unspecified atom stereocenters. The highest BCUT2D eigenvalue weighted by Gasteiger charge is 2.23. The van der Waals surface area contributed by atoms with E-state index in [9.17, 15) is 0 Å². The maximum Gasteiger partial charge on any atom is 0.145 e. The predicted molar refractivity (Wildman–Crippen MR) is 221 cm³/mol. The van der Waals surface area contributed by atoms with Crippen molar-refractivity contribution in [3.8, 4) is 16.8 Å². The first-order valence-electron chi connectivity index (χ1n) is 17.6. The van der Waals surface area contributed by atoms with E-state index in [1.54, 1.807) is 0 Å². The minimum atomic E-state index is 0.878. The van der Waals surface area contributed by atoms with Crippen LogP contribution >= 0.6 is 11.3 Å². The standard InChI is InChI=1S/C48H30N2OS/c1-2-12-31(13-3-1)35-27-28-43(47-39-17-6-10-20-44(39)51-48(35)47)49(34-26-29-46-40(30-34)38-16-7-11-21-45(38)52-46)32-22-24-33(25-23-32)50-41-18-8-4-14-36(41)37-15-5-9-19-42(37)50/h1-30H. The lowest BCUT2D eigenvalue weighted by Crippen LogP contribution is -2.10. The van der Waals surface area contributed by atoms with Gasteiger partial charge in [0.2, 0.25) is 0 Å². The van der Waals surface area contributed by atoms with Gasteiger partial charge >= 0.3 is 0 Å². The van der Waals surface area contributed by atoms with Crippen molar-refractivity contribution in [2.24, 2.45) is 0 Å². The van der Waals surface area contributed by atoms with Crippen LogP contribution in [0.1, 0.15) is 0 Å². The van der Waals surface area contributed by atoms with E-state index in [4.69, 9.17) is 4.42 Å². The molecule has 0 aliphatic heterocycles. The minimum Gasteiger partial charge on any atom is -0.455 e. The van der Waals surface area contributed by atoms with Gasteiger partial charge in [0, 0.05) is 59.0 Å². The average Bonchev–Trinajstić information content (AvgIpc) is 3.89. The molecule has 3 heterocycles. The summed E-state index contributed by atoms with van der Waals surface area (Å²) in [5.41, 5.74) is 10.7. The molecule has 3 nitrogen and oxygen atoms in total. The van der Waals surface area contributed by atoms with Crippen LogP contribution in [0.15, 0.2) is 186 Å². The van der Waals surface area contributed by atoms with Crippen molar-refractivity contribution in [1.82, 2.24) is 4.57 Å². The van der Waals surface area contributed by atoms with Gasteiger partial charge in [-0.15, -0.1) is 11.3 Å². The summed E-state index contributed by atoms with van der Waals surface area (Å²) in [4.78, 5) is 2.40. The molecular formula is C48H30N2OS. The molecule has 52 heavy (non-hydrogen) atoms. The van der Waals surface area contributed by atoms with Gasteiger partial charge in [-0.3, -0.25) is 0 Å². The fraction of sp³-hybridized carbons (Fsp3) is 0. The Morgan fingerprint density at radius 1 is 0.462 bits per heavy atom. The van der Waals surface area contributed by atoms with Crippen molar-refractivity contribution in [1.29, 1.82) is 0 Å². The SMILES string of the molecule is c1ccc(-c2ccc(N(c3ccc(-n4c5ccccc5c5ccccc54)cc3)c3ccc4sc5ccccc5c4c3)c3c2oc2ccccc23)cc1. The summed E-state index contributed by atoms with van der Waals surface area (Å²) in [7, 11) is 0. The lowest BCUT2D eigenvalue weighted by atomic mass is 9.99. The highest BCUT2D eigenvalue weighted by atomic mass is 32.1. The molecule has 11 aromatic rings. The molecule has 8 aromatic carbocycles. The van der Waals surface area contributed by atoms with Crippen molar-refractivity contribution in [2.45, 2.75) is 0 Å². The maximum absolute atomic E-state index is 6.74. The molecule has 3 aromatic heterocycles. The number of furan rings is 1. The average molecular weight is 683 g/mol. The largest absolute Gasteiger partial charge is 0.455 e. The molecule has 0 aliphatic rings. The Balaban J connectivity index is 1.17. The Bertz CT molecular complexity index is 3080. The van der Waals surface area contributed by atoms with Gasteiger partial charge in [-0.1, -0.05) is 103 Å². The van der Waals surface area contributed by atoms with Crippen molar-refractivity contribution in [3.63, 3.8) is 0 Å². The van der Waals surface area contributed by atoms with E-state index < -0.39 is 0 Å². The van der Waals surface area contributed by atoms with Gasteiger partial charge in [0.1, 0.15) is 11.2 Å². The fourth-order valence-corrected chi connectivity index (χ4v) is 9.16. The van der Waals surface area contributed by atoms with Crippen LogP contribution in [-0.2, 0) is 0 Å². The summed E-state index contributed by atoms with van der Waals surface area (Å²) < 4.78 is 11.7. The monoisotopic (exact) mass is 682 g/mol. The van der Waals surface area contributed by atoms with Gasteiger partial charge in [-0.2, -0.15) is 0 Å². The van der Waals surface area contributed by atoms with E-state index in [1.165, 1.54) is 42.0 Å². The third-order valence-corrected chi connectivity index (χ3v) is 11.5. The van der Waals surface area contributed by atoms with Gasteiger partial charge in [0.25, 0.3) is 0 Å². The second-order valence-electron chi connectivity index (χ2n) is 13.3. The Labute approximate surface area is 303 Å². The number of benzene rings is 8. The third kappa shape index (κ3) is 4.38. The van der Waals surface area contributed by atoms with E-state index in [0.29, 0.717) is 0 Å². The zero-order chi connectivity index (χ0) is 34.2. The van der Waals surface area contributed by atoms with E-state index in [0.717, 1.165) is 55.8 Å². The van der Waals surface area contributed by atoms with Crippen LogP contribution in [0, 0.1) is 0 Å². The van der Waals surface area contributed by atoms with Gasteiger partial charge in [0.15, 0.2) is 0 Å². The second-order valence-corrected chi connectivity index (χ2v) is 14.4. The van der Waals surface area contributed by atoms with Crippen molar-refractivity contribution in [3.05, 3.63) is 182 Å². The summed E-state index contributed by atoms with van der Waals surface area (Å²) >= 11 is 1.84. The lowest BCUT2D eigenvalue weighted by Gasteiger charge is -2.27. The van der Waals surface area contributed by atoms with Gasteiger partial charge in [-0.05, 0) is 84.4 Å². The van der Waals surface area contributed by atoms with E-state index in [2.05, 4.69) is 185 Å². The van der Waals surface area contributed by atoms with Crippen molar-refractivity contribution in [2.75, 3.05) is 4.90 Å². The van der Waals surface area contributed by atoms with Gasteiger partial charge in [0.05, 0.1) is 22.1 Å². The number of nitrogens with zero attached hydrogens (tertiary/aromatic N) is 2. The number of anilines is 3. The third-order valence-electron chi connectivity index (χ3n) is 10.4. The molecule has 0 spiro atoms. The molecule has 0 bridgehead atoms. The van der Waals surface area contributed by atoms with E-state index >= 15 is 0 Å². The molecule has 0 atom stereocenters. The highest BCUT2D eigenvalue weighted by molar-refractivity contribution is 7.25. The fourth-order valence-electron chi connectivity index (χ4n) is 8.07. The van der Waals surface area contributed by atoms with E-state index in [1.807, 2.05) is 17.4 Å². The Morgan fingerprint density at radius 2 is 1.08 bits per heavy atom. The quantitative estimate of drug-likeness (QED) is 0.180. The molecule has 244 valence electrons. The first kappa shape index (κ1) is 29.1. The molecule has 0 fully saturated rings. The highest BCUT2D eigenvalue weighted by Crippen LogP contribution is 2.47. The number of para-hydroxylation sites is 3. The summed E-state index contributed by atoms with van der Waals surface area (Å²) in [6.45, 7) is 0. The van der Waals surface area contributed by atoms with E-state index in [-0.39, 0.29) is 0 Å². The Hall–Kier alpha value is -6.62.